The van der Waals surface area contributed by atoms with Crippen LogP contribution >= 0.6 is 0 Å². The minimum atomic E-state index is 0.0485. The summed E-state index contributed by atoms with van der Waals surface area (Å²) >= 11 is 0. The van der Waals surface area contributed by atoms with E-state index in [9.17, 15) is 9.59 Å². The van der Waals surface area contributed by atoms with Gasteiger partial charge < -0.3 is 16.4 Å². The van der Waals surface area contributed by atoms with Crippen LogP contribution in [-0.2, 0) is 9.59 Å². The molecule has 0 saturated carbocycles. The van der Waals surface area contributed by atoms with E-state index in [-0.39, 0.29) is 11.8 Å². The van der Waals surface area contributed by atoms with Crippen LogP contribution in [0.5, 0.6) is 0 Å². The predicted molar refractivity (Wildman–Crippen MR) is 68.4 cm³/mol. The van der Waals surface area contributed by atoms with Crippen LogP contribution < -0.4 is 16.4 Å². The Morgan fingerprint density at radius 1 is 0.941 bits per heavy atom. The number of rotatable bonds is 10. The Kier molecular flexibility index (Phi) is 10.7. The lowest BCUT2D eigenvalue weighted by atomic mass is 10.2. The van der Waals surface area contributed by atoms with Crippen molar-refractivity contribution in [3.63, 3.8) is 0 Å². The van der Waals surface area contributed by atoms with Crippen molar-refractivity contribution in [2.45, 2.75) is 45.4 Å². The zero-order valence-electron chi connectivity index (χ0n) is 10.8. The lowest BCUT2D eigenvalue weighted by molar-refractivity contribution is -0.123. The highest BCUT2D eigenvalue weighted by Gasteiger charge is 2.02. The fourth-order valence-corrected chi connectivity index (χ4v) is 1.34. The Morgan fingerprint density at radius 3 is 1.94 bits per heavy atom. The van der Waals surface area contributed by atoms with Gasteiger partial charge in [0.05, 0.1) is 0 Å². The topological polar surface area (TPSA) is 84.2 Å². The first-order chi connectivity index (χ1) is 8.20. The Balaban J connectivity index is 3.32. The van der Waals surface area contributed by atoms with Gasteiger partial charge in [0.15, 0.2) is 0 Å². The van der Waals surface area contributed by atoms with Gasteiger partial charge in [-0.1, -0.05) is 6.92 Å². The molecule has 0 rings (SSSR count). The van der Waals surface area contributed by atoms with Crippen LogP contribution in [0.4, 0.5) is 0 Å². The van der Waals surface area contributed by atoms with Crippen molar-refractivity contribution >= 4 is 11.8 Å². The summed E-state index contributed by atoms with van der Waals surface area (Å²) in [6.45, 7) is 3.99. The number of unbranched alkanes of at least 4 members (excludes halogenated alkanes) is 1. The number of carbonyl (C=O) groups is 2. The highest BCUT2D eigenvalue weighted by molar-refractivity contribution is 5.77. The van der Waals surface area contributed by atoms with Crippen LogP contribution in [0.15, 0.2) is 0 Å². The molecule has 0 fully saturated rings. The Bertz CT molecular complexity index is 220. The van der Waals surface area contributed by atoms with Gasteiger partial charge in [-0.05, 0) is 32.2 Å². The average Bonchev–Trinajstić information content (AvgIpc) is 2.32. The summed E-state index contributed by atoms with van der Waals surface area (Å²) in [6.07, 6.45) is 4.29. The summed E-state index contributed by atoms with van der Waals surface area (Å²) in [6, 6.07) is 0. The monoisotopic (exact) mass is 243 g/mol. The molecule has 0 aliphatic carbocycles. The number of carbonyl (C=O) groups excluding carboxylic acids is 2. The van der Waals surface area contributed by atoms with Gasteiger partial charge in [0.2, 0.25) is 11.8 Å². The summed E-state index contributed by atoms with van der Waals surface area (Å²) in [4.78, 5) is 22.5. The van der Waals surface area contributed by atoms with E-state index in [1.807, 2.05) is 6.92 Å². The van der Waals surface area contributed by atoms with Crippen molar-refractivity contribution in [2.75, 3.05) is 19.6 Å². The molecule has 0 radical (unpaired) electrons. The van der Waals surface area contributed by atoms with E-state index in [1.54, 1.807) is 0 Å². The van der Waals surface area contributed by atoms with Crippen molar-refractivity contribution in [1.29, 1.82) is 0 Å². The van der Waals surface area contributed by atoms with E-state index in [2.05, 4.69) is 10.6 Å². The lowest BCUT2D eigenvalue weighted by Gasteiger charge is -2.04. The van der Waals surface area contributed by atoms with Crippen LogP contribution in [0.2, 0.25) is 0 Å². The minimum Gasteiger partial charge on any atom is -0.356 e. The molecule has 0 aromatic carbocycles. The number of amides is 2. The zero-order chi connectivity index (χ0) is 12.9. The average molecular weight is 243 g/mol. The number of hydrogen-bond donors (Lipinski definition) is 3. The van der Waals surface area contributed by atoms with Crippen LogP contribution in [0.25, 0.3) is 0 Å². The van der Waals surface area contributed by atoms with E-state index in [0.29, 0.717) is 25.9 Å². The molecule has 0 aliphatic heterocycles. The summed E-state index contributed by atoms with van der Waals surface area (Å²) in [5.41, 5.74) is 5.31. The van der Waals surface area contributed by atoms with Gasteiger partial charge in [0.25, 0.3) is 0 Å². The molecular weight excluding hydrogens is 218 g/mol. The van der Waals surface area contributed by atoms with E-state index >= 15 is 0 Å². The molecule has 5 heteroatoms. The first-order valence-corrected chi connectivity index (χ1v) is 6.44. The molecule has 5 nitrogen and oxygen atoms in total. The normalized spacial score (nSPS) is 10.0. The molecule has 0 spiro atoms. The maximum absolute atomic E-state index is 11.3. The van der Waals surface area contributed by atoms with E-state index in [4.69, 9.17) is 5.73 Å². The molecule has 0 heterocycles. The van der Waals surface area contributed by atoms with E-state index in [1.165, 1.54) is 0 Å². The van der Waals surface area contributed by atoms with Crippen LogP contribution in [0.3, 0.4) is 0 Å². The smallest absolute Gasteiger partial charge is 0.219 e. The third kappa shape index (κ3) is 11.2. The molecule has 100 valence electrons. The number of nitrogens with one attached hydrogen (secondary N) is 2. The largest absolute Gasteiger partial charge is 0.356 e. The van der Waals surface area contributed by atoms with Gasteiger partial charge >= 0.3 is 0 Å². The van der Waals surface area contributed by atoms with Crippen molar-refractivity contribution in [1.82, 2.24) is 10.6 Å². The number of nitrogens with two attached hydrogens (primary N) is 1. The number of hydrogen-bond acceptors (Lipinski definition) is 3. The molecule has 0 unspecified atom stereocenters. The molecule has 0 bridgehead atoms. The maximum Gasteiger partial charge on any atom is 0.219 e. The second-order valence-corrected chi connectivity index (χ2v) is 4.05. The quantitative estimate of drug-likeness (QED) is 0.490. The van der Waals surface area contributed by atoms with Gasteiger partial charge in [-0.3, -0.25) is 9.59 Å². The molecule has 4 N–H and O–H groups in total. The maximum atomic E-state index is 11.3. The van der Waals surface area contributed by atoms with Crippen molar-refractivity contribution in [2.24, 2.45) is 5.73 Å². The highest BCUT2D eigenvalue weighted by Crippen LogP contribution is 1.99. The second kappa shape index (κ2) is 11.4. The molecular formula is C12H25N3O2. The Labute approximate surface area is 104 Å². The first-order valence-electron chi connectivity index (χ1n) is 6.44. The fraction of sp³-hybridized carbons (Fsp3) is 0.833. The van der Waals surface area contributed by atoms with Gasteiger partial charge in [-0.25, -0.2) is 0 Å². The third-order valence-corrected chi connectivity index (χ3v) is 2.33. The molecule has 0 aromatic heterocycles. The molecule has 0 aromatic rings. The van der Waals surface area contributed by atoms with E-state index < -0.39 is 0 Å². The van der Waals surface area contributed by atoms with Gasteiger partial charge in [0, 0.05) is 25.9 Å². The molecule has 0 aliphatic rings. The SMILES string of the molecule is CCCNC(=O)CCCCC(=O)NCCCN. The van der Waals surface area contributed by atoms with Gasteiger partial charge in [-0.15, -0.1) is 0 Å². The minimum absolute atomic E-state index is 0.0485. The van der Waals surface area contributed by atoms with Crippen molar-refractivity contribution in [3.8, 4) is 0 Å². The zero-order valence-corrected chi connectivity index (χ0v) is 10.8. The highest BCUT2D eigenvalue weighted by atomic mass is 16.2. The molecule has 0 atom stereocenters. The van der Waals surface area contributed by atoms with Gasteiger partial charge in [0.1, 0.15) is 0 Å². The molecule has 2 amide bonds. The summed E-state index contributed by atoms with van der Waals surface area (Å²) < 4.78 is 0. The third-order valence-electron chi connectivity index (χ3n) is 2.33. The van der Waals surface area contributed by atoms with Crippen LogP contribution in [-0.4, -0.2) is 31.4 Å². The summed E-state index contributed by atoms with van der Waals surface area (Å²) in [7, 11) is 0. The summed E-state index contributed by atoms with van der Waals surface area (Å²) in [5.74, 6) is 0.128. The first kappa shape index (κ1) is 15.9. The second-order valence-electron chi connectivity index (χ2n) is 4.05. The van der Waals surface area contributed by atoms with E-state index in [0.717, 1.165) is 32.2 Å². The molecule has 0 saturated heterocycles. The lowest BCUT2D eigenvalue weighted by Crippen LogP contribution is -2.26. The summed E-state index contributed by atoms with van der Waals surface area (Å²) in [5, 5.41) is 5.60. The van der Waals surface area contributed by atoms with Crippen molar-refractivity contribution < 1.29 is 9.59 Å². The molecule has 17 heavy (non-hydrogen) atoms. The Morgan fingerprint density at radius 2 is 1.47 bits per heavy atom. The fourth-order valence-electron chi connectivity index (χ4n) is 1.34. The van der Waals surface area contributed by atoms with Crippen LogP contribution in [0, 0.1) is 0 Å². The Hall–Kier alpha value is -1.10. The predicted octanol–water partition coefficient (Wildman–Crippen LogP) is 0.538. The standard InChI is InChI=1S/C12H25N3O2/c1-2-9-14-11(16)6-3-4-7-12(17)15-10-5-8-13/h2-10,13H2,1H3,(H,14,16)(H,15,17). The van der Waals surface area contributed by atoms with Gasteiger partial charge in [-0.2, -0.15) is 0 Å². The van der Waals surface area contributed by atoms with Crippen LogP contribution in [0.1, 0.15) is 45.4 Å². The van der Waals surface area contributed by atoms with Crippen molar-refractivity contribution in [3.05, 3.63) is 0 Å².